The van der Waals surface area contributed by atoms with Crippen LogP contribution >= 0.6 is 11.8 Å². The van der Waals surface area contributed by atoms with E-state index in [1.54, 1.807) is 7.11 Å². The standard InChI is InChI=1S/C23H22N6O4S/c1-27-19(24)18(21(31)28(2)23(27)32)17(30)13-34-22-26-25-20(14-8-7-11-16(12-14)33-3)29(22)15-9-5-4-6-10-15/h4-12H,13,24H2,1-3H3. The number of hydrogen-bond donors (Lipinski definition) is 1. The number of carbonyl (C=O) groups excluding carboxylic acids is 1. The van der Waals surface area contributed by atoms with Crippen molar-refractivity contribution in [3.63, 3.8) is 0 Å². The van der Waals surface area contributed by atoms with E-state index < -0.39 is 17.0 Å². The predicted molar refractivity (Wildman–Crippen MR) is 130 cm³/mol. The fourth-order valence-electron chi connectivity index (χ4n) is 3.45. The summed E-state index contributed by atoms with van der Waals surface area (Å²) in [6.45, 7) is 0. The molecule has 2 aromatic carbocycles. The molecule has 0 aliphatic heterocycles. The van der Waals surface area contributed by atoms with Crippen LogP contribution in [0.2, 0.25) is 0 Å². The molecule has 0 saturated heterocycles. The fourth-order valence-corrected chi connectivity index (χ4v) is 4.27. The molecule has 2 heterocycles. The lowest BCUT2D eigenvalue weighted by molar-refractivity contribution is 0.102. The first-order valence-corrected chi connectivity index (χ1v) is 11.2. The summed E-state index contributed by atoms with van der Waals surface area (Å²) in [5.74, 6) is 0.438. The van der Waals surface area contributed by atoms with E-state index >= 15 is 0 Å². The van der Waals surface area contributed by atoms with Gasteiger partial charge in [0.1, 0.15) is 17.1 Å². The zero-order valence-corrected chi connectivity index (χ0v) is 19.6. The van der Waals surface area contributed by atoms with Crippen LogP contribution in [0, 0.1) is 0 Å². The number of benzene rings is 2. The van der Waals surface area contributed by atoms with Gasteiger partial charge in [0.2, 0.25) is 0 Å². The molecule has 0 amide bonds. The molecule has 0 aliphatic carbocycles. The van der Waals surface area contributed by atoms with Crippen LogP contribution in [-0.2, 0) is 14.1 Å². The number of nitrogen functional groups attached to an aromatic ring is 1. The molecule has 0 unspecified atom stereocenters. The molecule has 174 valence electrons. The highest BCUT2D eigenvalue weighted by Crippen LogP contribution is 2.30. The second-order valence-corrected chi connectivity index (χ2v) is 8.33. The monoisotopic (exact) mass is 478 g/mol. The molecule has 4 aromatic rings. The number of nitrogens with two attached hydrogens (primary N) is 1. The van der Waals surface area contributed by atoms with Gasteiger partial charge in [-0.2, -0.15) is 0 Å². The van der Waals surface area contributed by atoms with Crippen LogP contribution in [0.4, 0.5) is 5.82 Å². The van der Waals surface area contributed by atoms with Crippen LogP contribution in [0.3, 0.4) is 0 Å². The Bertz CT molecular complexity index is 1490. The molecule has 11 heteroatoms. The Balaban J connectivity index is 1.73. The normalized spacial score (nSPS) is 10.9. The van der Waals surface area contributed by atoms with Gasteiger partial charge < -0.3 is 10.5 Å². The first-order chi connectivity index (χ1) is 16.3. The number of carbonyl (C=O) groups is 1. The quantitative estimate of drug-likeness (QED) is 0.315. The van der Waals surface area contributed by atoms with Crippen molar-refractivity contribution >= 4 is 23.4 Å². The fraction of sp³-hybridized carbons (Fsp3) is 0.174. The lowest BCUT2D eigenvalue weighted by atomic mass is 10.2. The molecule has 0 atom stereocenters. The Morgan fingerprint density at radius 3 is 2.47 bits per heavy atom. The van der Waals surface area contributed by atoms with Crippen LogP contribution < -0.4 is 21.7 Å². The number of thioether (sulfide) groups is 1. The molecule has 0 spiro atoms. The van der Waals surface area contributed by atoms with E-state index in [2.05, 4.69) is 10.2 Å². The molecule has 0 fully saturated rings. The summed E-state index contributed by atoms with van der Waals surface area (Å²) < 4.78 is 9.10. The summed E-state index contributed by atoms with van der Waals surface area (Å²) in [6, 6.07) is 16.9. The van der Waals surface area contributed by atoms with Crippen molar-refractivity contribution in [3.8, 4) is 22.8 Å². The van der Waals surface area contributed by atoms with Gasteiger partial charge in [-0.1, -0.05) is 42.1 Å². The molecule has 2 aromatic heterocycles. The van der Waals surface area contributed by atoms with Gasteiger partial charge in [0, 0.05) is 25.3 Å². The third-order valence-electron chi connectivity index (χ3n) is 5.30. The Morgan fingerprint density at radius 1 is 1.03 bits per heavy atom. The average Bonchev–Trinajstić information content (AvgIpc) is 3.29. The molecule has 2 N–H and O–H groups in total. The number of hydrogen-bond acceptors (Lipinski definition) is 8. The summed E-state index contributed by atoms with van der Waals surface area (Å²) >= 11 is 1.12. The zero-order valence-electron chi connectivity index (χ0n) is 18.8. The number of anilines is 1. The third-order valence-corrected chi connectivity index (χ3v) is 6.23. The Labute approximate surface area is 198 Å². The number of rotatable bonds is 7. The molecule has 0 bridgehead atoms. The van der Waals surface area contributed by atoms with Crippen LogP contribution in [0.15, 0.2) is 69.3 Å². The van der Waals surface area contributed by atoms with Crippen LogP contribution in [0.5, 0.6) is 5.75 Å². The zero-order chi connectivity index (χ0) is 24.4. The lowest BCUT2D eigenvalue weighted by Crippen LogP contribution is -2.41. The van der Waals surface area contributed by atoms with Crippen molar-refractivity contribution in [1.29, 1.82) is 0 Å². The minimum Gasteiger partial charge on any atom is -0.497 e. The van der Waals surface area contributed by atoms with Gasteiger partial charge in [0.15, 0.2) is 16.8 Å². The van der Waals surface area contributed by atoms with Crippen molar-refractivity contribution in [2.75, 3.05) is 18.6 Å². The second kappa shape index (κ2) is 9.40. The molecule has 0 saturated carbocycles. The molecule has 0 radical (unpaired) electrons. The van der Waals surface area contributed by atoms with Crippen LogP contribution in [0.25, 0.3) is 17.1 Å². The number of methoxy groups -OCH3 is 1. The topological polar surface area (TPSA) is 127 Å². The Hall–Kier alpha value is -4.12. The number of ketones is 1. The third kappa shape index (κ3) is 4.13. The molecular weight excluding hydrogens is 456 g/mol. The van der Waals surface area contributed by atoms with Crippen LogP contribution in [-0.4, -0.2) is 42.5 Å². The summed E-state index contributed by atoms with van der Waals surface area (Å²) in [6.07, 6.45) is 0. The van der Waals surface area contributed by atoms with E-state index in [4.69, 9.17) is 10.5 Å². The van der Waals surface area contributed by atoms with Gasteiger partial charge in [-0.3, -0.25) is 23.3 Å². The maximum Gasteiger partial charge on any atom is 0.332 e. The van der Waals surface area contributed by atoms with Gasteiger partial charge in [-0.05, 0) is 24.3 Å². The summed E-state index contributed by atoms with van der Waals surface area (Å²) in [5, 5.41) is 9.11. The Morgan fingerprint density at radius 2 is 1.76 bits per heavy atom. The second-order valence-electron chi connectivity index (χ2n) is 7.39. The largest absolute Gasteiger partial charge is 0.497 e. The number of para-hydroxylation sites is 1. The maximum absolute atomic E-state index is 13.0. The van der Waals surface area contributed by atoms with E-state index in [1.165, 1.54) is 14.1 Å². The minimum absolute atomic E-state index is 0.124. The van der Waals surface area contributed by atoms with Gasteiger partial charge in [0.25, 0.3) is 5.56 Å². The highest BCUT2D eigenvalue weighted by molar-refractivity contribution is 7.99. The van der Waals surface area contributed by atoms with Crippen molar-refractivity contribution in [1.82, 2.24) is 23.9 Å². The van der Waals surface area contributed by atoms with Gasteiger partial charge in [0.05, 0.1) is 12.9 Å². The molecular formula is C23H22N6O4S. The van der Waals surface area contributed by atoms with E-state index in [1.807, 2.05) is 59.2 Å². The smallest absolute Gasteiger partial charge is 0.332 e. The van der Waals surface area contributed by atoms with E-state index in [0.29, 0.717) is 16.7 Å². The van der Waals surface area contributed by atoms with E-state index in [9.17, 15) is 14.4 Å². The van der Waals surface area contributed by atoms with Crippen LogP contribution in [0.1, 0.15) is 10.4 Å². The number of aromatic nitrogens is 5. The predicted octanol–water partition coefficient (Wildman–Crippen LogP) is 1.90. The van der Waals surface area contributed by atoms with Crippen molar-refractivity contribution in [2.45, 2.75) is 5.16 Å². The maximum atomic E-state index is 13.0. The summed E-state index contributed by atoms with van der Waals surface area (Å²) in [7, 11) is 4.30. The highest BCUT2D eigenvalue weighted by Gasteiger charge is 2.22. The number of nitrogens with zero attached hydrogens (tertiary/aromatic N) is 5. The average molecular weight is 479 g/mol. The molecule has 10 nitrogen and oxygen atoms in total. The summed E-state index contributed by atoms with van der Waals surface area (Å²) in [5.41, 5.74) is 5.96. The van der Waals surface area contributed by atoms with Crippen molar-refractivity contribution in [3.05, 3.63) is 81.0 Å². The van der Waals surface area contributed by atoms with Crippen molar-refractivity contribution in [2.24, 2.45) is 14.1 Å². The van der Waals surface area contributed by atoms with Gasteiger partial charge >= 0.3 is 5.69 Å². The van der Waals surface area contributed by atoms with Crippen molar-refractivity contribution < 1.29 is 9.53 Å². The SMILES string of the molecule is COc1cccc(-c2nnc(SCC(=O)c3c(N)n(C)c(=O)n(C)c3=O)n2-c2ccccc2)c1. The highest BCUT2D eigenvalue weighted by atomic mass is 32.2. The molecule has 4 rings (SSSR count). The molecule has 34 heavy (non-hydrogen) atoms. The van der Waals surface area contributed by atoms with E-state index in [-0.39, 0.29) is 17.1 Å². The minimum atomic E-state index is -0.729. The van der Waals surface area contributed by atoms with Gasteiger partial charge in [-0.25, -0.2) is 4.79 Å². The summed E-state index contributed by atoms with van der Waals surface area (Å²) in [4.78, 5) is 37.6. The van der Waals surface area contributed by atoms with E-state index in [0.717, 1.165) is 32.1 Å². The van der Waals surface area contributed by atoms with Gasteiger partial charge in [-0.15, -0.1) is 10.2 Å². The molecule has 0 aliphatic rings. The first kappa shape index (κ1) is 23.1. The Kier molecular flexibility index (Phi) is 6.37. The first-order valence-electron chi connectivity index (χ1n) is 10.2. The number of ether oxygens (including phenoxy) is 1. The number of Topliss-reactive ketones (excluding diaryl/α,β-unsaturated/α-hetero) is 1. The lowest BCUT2D eigenvalue weighted by Gasteiger charge is -2.12.